The minimum atomic E-state index is -3.41. The molecule has 4 aliphatic rings. The molecule has 0 aromatic rings. The van der Waals surface area contributed by atoms with E-state index in [1.807, 2.05) is 0 Å². The fourth-order valence-electron chi connectivity index (χ4n) is 5.48. The molecule has 4 rings (SSSR count). The van der Waals surface area contributed by atoms with Crippen molar-refractivity contribution in [1.29, 1.82) is 0 Å². The van der Waals surface area contributed by atoms with Gasteiger partial charge in [-0.2, -0.15) is 0 Å². The van der Waals surface area contributed by atoms with E-state index in [0.717, 1.165) is 18.3 Å². The van der Waals surface area contributed by atoms with E-state index in [4.69, 9.17) is 4.74 Å². The zero-order chi connectivity index (χ0) is 14.8. The molecule has 21 heavy (non-hydrogen) atoms. The first-order valence-corrected chi connectivity index (χ1v) is 9.66. The fraction of sp³-hybridized carbons (Fsp3) is 0.933. The summed E-state index contributed by atoms with van der Waals surface area (Å²) in [5, 5.41) is -0.594. The molecule has 118 valence electrons. The molecule has 0 saturated heterocycles. The zero-order valence-electron chi connectivity index (χ0n) is 12.3. The van der Waals surface area contributed by atoms with Gasteiger partial charge in [-0.05, 0) is 55.8 Å². The van der Waals surface area contributed by atoms with Crippen LogP contribution in [0.25, 0.3) is 0 Å². The molecule has 2 bridgehead atoms. The Kier molecular flexibility index (Phi) is 3.12. The summed E-state index contributed by atoms with van der Waals surface area (Å²) in [5.74, 6) is 1.79. The van der Waals surface area contributed by atoms with Crippen molar-refractivity contribution >= 4 is 16.0 Å². The van der Waals surface area contributed by atoms with Crippen LogP contribution in [0.4, 0.5) is 0 Å². The van der Waals surface area contributed by atoms with Crippen molar-refractivity contribution in [2.45, 2.75) is 49.8 Å². The highest BCUT2D eigenvalue weighted by Crippen LogP contribution is 2.65. The molecule has 6 atom stereocenters. The minimum Gasteiger partial charge on any atom is -0.469 e. The van der Waals surface area contributed by atoms with Gasteiger partial charge in [-0.25, -0.2) is 13.1 Å². The smallest absolute Gasteiger partial charge is 0.310 e. The Labute approximate surface area is 125 Å². The van der Waals surface area contributed by atoms with Gasteiger partial charge in [-0.15, -0.1) is 0 Å². The van der Waals surface area contributed by atoms with Gasteiger partial charge in [0.1, 0.15) is 0 Å². The van der Waals surface area contributed by atoms with Gasteiger partial charge in [0.25, 0.3) is 0 Å². The van der Waals surface area contributed by atoms with E-state index in [1.165, 1.54) is 26.4 Å². The van der Waals surface area contributed by atoms with Crippen molar-refractivity contribution in [3.63, 3.8) is 0 Å². The SMILES string of the molecule is COC(=O)C1CCCC1S(=O)(=O)NC1C2C3CCC(C3)C12. The standard InChI is InChI=1S/C15H23NO4S/c1-20-15(17)10-3-2-4-11(10)21(18,19)16-14-12-8-5-6-9(7-8)13(12)14/h8-14,16H,2-7H2,1H3. The summed E-state index contributed by atoms with van der Waals surface area (Å²) in [6.45, 7) is 0. The Morgan fingerprint density at radius 2 is 1.76 bits per heavy atom. The summed E-state index contributed by atoms with van der Waals surface area (Å²) in [5.41, 5.74) is 0. The van der Waals surface area contributed by atoms with Crippen LogP contribution in [0.1, 0.15) is 38.5 Å². The molecule has 0 radical (unpaired) electrons. The molecule has 0 aromatic carbocycles. The van der Waals surface area contributed by atoms with Crippen LogP contribution in [0.3, 0.4) is 0 Å². The van der Waals surface area contributed by atoms with E-state index in [-0.39, 0.29) is 12.0 Å². The maximum atomic E-state index is 12.7. The summed E-state index contributed by atoms with van der Waals surface area (Å²) in [4.78, 5) is 11.8. The van der Waals surface area contributed by atoms with Gasteiger partial charge < -0.3 is 4.74 Å². The molecule has 0 amide bonds. The predicted octanol–water partition coefficient (Wildman–Crippen LogP) is 1.29. The van der Waals surface area contributed by atoms with E-state index in [2.05, 4.69) is 4.72 Å². The lowest BCUT2D eigenvalue weighted by atomic mass is 10.0. The molecule has 4 fully saturated rings. The van der Waals surface area contributed by atoms with E-state index in [9.17, 15) is 13.2 Å². The zero-order valence-corrected chi connectivity index (χ0v) is 13.1. The highest BCUT2D eigenvalue weighted by molar-refractivity contribution is 7.90. The van der Waals surface area contributed by atoms with Crippen molar-refractivity contribution < 1.29 is 17.9 Å². The van der Waals surface area contributed by atoms with Crippen LogP contribution in [0, 0.1) is 29.6 Å². The number of ether oxygens (including phenoxy) is 1. The quantitative estimate of drug-likeness (QED) is 0.794. The molecule has 1 N–H and O–H groups in total. The van der Waals surface area contributed by atoms with Gasteiger partial charge in [0.15, 0.2) is 0 Å². The van der Waals surface area contributed by atoms with Crippen molar-refractivity contribution in [2.75, 3.05) is 7.11 Å². The lowest BCUT2D eigenvalue weighted by Gasteiger charge is -2.20. The van der Waals surface area contributed by atoms with Crippen molar-refractivity contribution in [3.8, 4) is 0 Å². The number of hydrogen-bond donors (Lipinski definition) is 1. The van der Waals surface area contributed by atoms with Crippen LogP contribution < -0.4 is 4.72 Å². The molecule has 4 saturated carbocycles. The molecular weight excluding hydrogens is 290 g/mol. The van der Waals surface area contributed by atoms with Gasteiger partial charge in [-0.3, -0.25) is 4.79 Å². The van der Waals surface area contributed by atoms with Crippen molar-refractivity contribution in [1.82, 2.24) is 4.72 Å². The fourth-order valence-corrected chi connectivity index (χ4v) is 7.50. The molecule has 5 nitrogen and oxygen atoms in total. The van der Waals surface area contributed by atoms with Crippen LogP contribution in [0.2, 0.25) is 0 Å². The predicted molar refractivity (Wildman–Crippen MR) is 76.8 cm³/mol. The van der Waals surface area contributed by atoms with Crippen LogP contribution in [0.5, 0.6) is 0 Å². The average molecular weight is 313 g/mol. The average Bonchev–Trinajstić information content (AvgIpc) is 2.93. The first kappa shape index (κ1) is 14.0. The summed E-state index contributed by atoms with van der Waals surface area (Å²) >= 11 is 0. The number of hydrogen-bond acceptors (Lipinski definition) is 4. The van der Waals surface area contributed by atoms with Crippen LogP contribution in [-0.2, 0) is 19.6 Å². The highest BCUT2D eigenvalue weighted by atomic mass is 32.2. The summed E-state index contributed by atoms with van der Waals surface area (Å²) in [6.07, 6.45) is 5.84. The van der Waals surface area contributed by atoms with Crippen molar-refractivity contribution in [2.24, 2.45) is 29.6 Å². The molecule has 6 unspecified atom stereocenters. The maximum Gasteiger partial charge on any atom is 0.310 e. The number of esters is 1. The lowest BCUT2D eigenvalue weighted by Crippen LogP contribution is -2.41. The van der Waals surface area contributed by atoms with E-state index < -0.39 is 21.2 Å². The minimum absolute atomic E-state index is 0.153. The summed E-state index contributed by atoms with van der Waals surface area (Å²) < 4.78 is 33.0. The van der Waals surface area contributed by atoms with Crippen LogP contribution >= 0.6 is 0 Å². The first-order chi connectivity index (χ1) is 10.0. The third kappa shape index (κ3) is 2.05. The summed E-state index contributed by atoms with van der Waals surface area (Å²) in [6, 6.07) is 0.153. The van der Waals surface area contributed by atoms with E-state index >= 15 is 0 Å². The molecule has 4 aliphatic carbocycles. The second-order valence-electron chi connectivity index (χ2n) is 7.28. The number of carbonyl (C=O) groups is 1. The number of nitrogens with one attached hydrogen (secondary N) is 1. The lowest BCUT2D eigenvalue weighted by molar-refractivity contribution is -0.145. The molecule has 0 aromatic heterocycles. The topological polar surface area (TPSA) is 72.5 Å². The van der Waals surface area contributed by atoms with Gasteiger partial charge >= 0.3 is 5.97 Å². The Morgan fingerprint density at radius 3 is 2.38 bits per heavy atom. The molecular formula is C15H23NO4S. The molecule has 0 spiro atoms. The van der Waals surface area contributed by atoms with Gasteiger partial charge in [0.2, 0.25) is 10.0 Å². The van der Waals surface area contributed by atoms with E-state index in [1.54, 1.807) is 0 Å². The third-order valence-corrected chi connectivity index (χ3v) is 8.35. The molecule has 0 heterocycles. The number of carbonyl (C=O) groups excluding carboxylic acids is 1. The maximum absolute atomic E-state index is 12.7. The monoisotopic (exact) mass is 313 g/mol. The Morgan fingerprint density at radius 1 is 1.10 bits per heavy atom. The number of fused-ring (bicyclic) bond motifs is 5. The van der Waals surface area contributed by atoms with Crippen LogP contribution in [0.15, 0.2) is 0 Å². The van der Waals surface area contributed by atoms with E-state index in [0.29, 0.717) is 24.7 Å². The Bertz CT molecular complexity index is 544. The van der Waals surface area contributed by atoms with Crippen LogP contribution in [-0.4, -0.2) is 32.8 Å². The van der Waals surface area contributed by atoms with Gasteiger partial charge in [0.05, 0.1) is 18.3 Å². The molecule has 0 aliphatic heterocycles. The summed E-state index contributed by atoms with van der Waals surface area (Å²) in [7, 11) is -2.08. The normalized spacial score (nSPS) is 47.4. The number of sulfonamides is 1. The van der Waals surface area contributed by atoms with Crippen molar-refractivity contribution in [3.05, 3.63) is 0 Å². The molecule has 6 heteroatoms. The highest BCUT2D eigenvalue weighted by Gasteiger charge is 2.66. The second-order valence-corrected chi connectivity index (χ2v) is 9.21. The largest absolute Gasteiger partial charge is 0.469 e. The first-order valence-electron chi connectivity index (χ1n) is 8.12. The van der Waals surface area contributed by atoms with Gasteiger partial charge in [0, 0.05) is 6.04 Å². The second kappa shape index (κ2) is 4.69. The van der Waals surface area contributed by atoms with Gasteiger partial charge in [-0.1, -0.05) is 6.42 Å². The Balaban J connectivity index is 1.46. The number of rotatable bonds is 4. The Hall–Kier alpha value is -0.620. The number of methoxy groups -OCH3 is 1. The third-order valence-electron chi connectivity index (χ3n) is 6.39.